The van der Waals surface area contributed by atoms with Crippen molar-refractivity contribution >= 4 is 48.1 Å². The van der Waals surface area contributed by atoms with Gasteiger partial charge in [-0.25, -0.2) is 4.79 Å². The van der Waals surface area contributed by atoms with E-state index in [4.69, 9.17) is 28.0 Å². The van der Waals surface area contributed by atoms with Crippen molar-refractivity contribution in [3.8, 4) is 0 Å². The highest BCUT2D eigenvalue weighted by atomic mass is 32.1. The Morgan fingerprint density at radius 2 is 1.22 bits per heavy atom. The zero-order valence-corrected chi connectivity index (χ0v) is 18.3. The Kier molecular flexibility index (Phi) is 13.6. The van der Waals surface area contributed by atoms with Gasteiger partial charge in [0, 0.05) is 5.75 Å². The number of nitrogens with two attached hydrogens (primary N) is 4. The van der Waals surface area contributed by atoms with Gasteiger partial charge in [0.05, 0.1) is 18.9 Å². The van der Waals surface area contributed by atoms with E-state index in [1.54, 1.807) is 0 Å². The van der Waals surface area contributed by atoms with Crippen molar-refractivity contribution in [3.05, 3.63) is 0 Å². The van der Waals surface area contributed by atoms with Gasteiger partial charge in [0.2, 0.25) is 29.5 Å². The molecule has 0 bridgehead atoms. The van der Waals surface area contributed by atoms with Crippen LogP contribution in [0.25, 0.3) is 0 Å². The highest BCUT2D eigenvalue weighted by Crippen LogP contribution is 2.02. The number of carboxylic acid groups (broad SMARTS) is 1. The molecule has 0 rings (SSSR count). The van der Waals surface area contributed by atoms with Gasteiger partial charge in [-0.1, -0.05) is 6.42 Å². The topological polar surface area (TPSA) is 263 Å². The first kappa shape index (κ1) is 29.1. The summed E-state index contributed by atoms with van der Waals surface area (Å²) >= 11 is 3.80. The number of thiol groups is 1. The molecule has 4 unspecified atom stereocenters. The van der Waals surface area contributed by atoms with Gasteiger partial charge < -0.3 is 44.0 Å². The Labute approximate surface area is 190 Å². The number of unbranched alkanes of at least 4 members (excludes halogenated alkanes) is 1. The molecular weight excluding hydrogens is 446 g/mol. The normalized spacial score (nSPS) is 14.3. The summed E-state index contributed by atoms with van der Waals surface area (Å²) in [6, 6.07) is -5.46. The van der Waals surface area contributed by atoms with Crippen molar-refractivity contribution in [2.24, 2.45) is 22.9 Å². The number of carbonyl (C=O) groups excluding carboxylic acids is 5. The fourth-order valence-corrected chi connectivity index (χ4v) is 2.72. The summed E-state index contributed by atoms with van der Waals surface area (Å²) in [5, 5.41) is 15.6. The SMILES string of the molecule is NCCCCC(N)C(=O)NC(CC(N)=O)C(=O)NC(CC(N)=O)C(=O)NC(CS)C(=O)O. The van der Waals surface area contributed by atoms with Crippen LogP contribution in [0.5, 0.6) is 0 Å². The molecule has 4 atom stereocenters. The lowest BCUT2D eigenvalue weighted by atomic mass is 10.1. The third-order valence-corrected chi connectivity index (χ3v) is 4.54. The quantitative estimate of drug-likeness (QED) is 0.0767. The standard InChI is InChI=1S/C17H31N7O7S/c18-4-2-1-3-8(19)14(27)22-9(5-12(20)25)15(28)23-10(6-13(21)26)16(29)24-11(7-32)17(30)31/h8-11,32H,1-7,18-19H2,(H2,20,25)(H2,21,26)(H,22,27)(H,23,28)(H,24,29)(H,30,31). The van der Waals surface area contributed by atoms with E-state index in [2.05, 4.69) is 28.6 Å². The number of primary amides is 2. The summed E-state index contributed by atoms with van der Waals surface area (Å²) < 4.78 is 0. The molecule has 14 nitrogen and oxygen atoms in total. The first-order valence-electron chi connectivity index (χ1n) is 9.69. The molecule has 15 heteroatoms. The molecule has 5 amide bonds. The lowest BCUT2D eigenvalue weighted by molar-refractivity contribution is -0.142. The minimum absolute atomic E-state index is 0.263. The van der Waals surface area contributed by atoms with Crippen molar-refractivity contribution in [2.75, 3.05) is 12.3 Å². The minimum Gasteiger partial charge on any atom is -0.480 e. The summed E-state index contributed by atoms with van der Waals surface area (Å²) in [4.78, 5) is 71.0. The first-order chi connectivity index (χ1) is 14.9. The van der Waals surface area contributed by atoms with Crippen LogP contribution in [-0.4, -0.2) is 77.1 Å². The fraction of sp³-hybridized carbons (Fsp3) is 0.647. The van der Waals surface area contributed by atoms with Crippen LogP contribution in [0.3, 0.4) is 0 Å². The molecule has 0 radical (unpaired) electrons. The summed E-state index contributed by atoms with van der Waals surface area (Å²) in [6.45, 7) is 0.417. The van der Waals surface area contributed by atoms with Crippen molar-refractivity contribution in [1.82, 2.24) is 16.0 Å². The van der Waals surface area contributed by atoms with Gasteiger partial charge >= 0.3 is 5.97 Å². The predicted molar refractivity (Wildman–Crippen MR) is 116 cm³/mol. The van der Waals surface area contributed by atoms with Gasteiger partial charge in [-0.05, 0) is 19.4 Å². The third kappa shape index (κ3) is 11.5. The number of hydrogen-bond acceptors (Lipinski definition) is 9. The van der Waals surface area contributed by atoms with Crippen LogP contribution in [0, 0.1) is 0 Å². The van der Waals surface area contributed by atoms with Crippen LogP contribution < -0.4 is 38.9 Å². The Bertz CT molecular complexity index is 707. The lowest BCUT2D eigenvalue weighted by Gasteiger charge is -2.24. The molecule has 0 spiro atoms. The van der Waals surface area contributed by atoms with Gasteiger partial charge in [0.25, 0.3) is 0 Å². The zero-order chi connectivity index (χ0) is 24.8. The Morgan fingerprint density at radius 3 is 1.59 bits per heavy atom. The average molecular weight is 478 g/mol. The number of aliphatic carboxylic acids is 1. The Hall–Kier alpha value is -2.91. The predicted octanol–water partition coefficient (Wildman–Crippen LogP) is -4.34. The minimum atomic E-state index is -1.58. The second kappa shape index (κ2) is 15.0. The molecule has 0 aliphatic carbocycles. The average Bonchev–Trinajstić information content (AvgIpc) is 2.69. The number of hydrogen-bond donors (Lipinski definition) is 9. The molecule has 0 aliphatic heterocycles. The third-order valence-electron chi connectivity index (χ3n) is 4.18. The molecule has 0 aliphatic rings. The van der Waals surface area contributed by atoms with E-state index < -0.39 is 72.5 Å². The molecule has 0 saturated carbocycles. The summed E-state index contributed by atoms with van der Waals surface area (Å²) in [5.74, 6) is -6.34. The first-order valence-corrected chi connectivity index (χ1v) is 10.3. The molecule has 0 saturated heterocycles. The van der Waals surface area contributed by atoms with E-state index in [1.807, 2.05) is 0 Å². The molecular formula is C17H31N7O7S. The maximum absolute atomic E-state index is 12.6. The fourth-order valence-electron chi connectivity index (χ4n) is 2.47. The molecule has 0 fully saturated rings. The Morgan fingerprint density at radius 1 is 0.781 bits per heavy atom. The largest absolute Gasteiger partial charge is 0.480 e. The monoisotopic (exact) mass is 477 g/mol. The number of rotatable bonds is 16. The lowest BCUT2D eigenvalue weighted by Crippen LogP contribution is -2.58. The molecule has 0 aromatic rings. The maximum Gasteiger partial charge on any atom is 0.327 e. The van der Waals surface area contributed by atoms with Crippen LogP contribution in [0.4, 0.5) is 0 Å². The highest BCUT2D eigenvalue weighted by molar-refractivity contribution is 7.80. The summed E-state index contributed by atoms with van der Waals surface area (Å²) in [5.41, 5.74) is 21.4. The van der Waals surface area contributed by atoms with Crippen LogP contribution in [0.2, 0.25) is 0 Å². The van der Waals surface area contributed by atoms with Crippen LogP contribution >= 0.6 is 12.6 Å². The van der Waals surface area contributed by atoms with E-state index in [9.17, 15) is 28.8 Å². The van der Waals surface area contributed by atoms with Crippen LogP contribution in [0.15, 0.2) is 0 Å². The van der Waals surface area contributed by atoms with Crippen molar-refractivity contribution < 1.29 is 33.9 Å². The van der Waals surface area contributed by atoms with Crippen molar-refractivity contribution in [1.29, 1.82) is 0 Å². The molecule has 0 aromatic carbocycles. The Balaban J connectivity index is 5.37. The van der Waals surface area contributed by atoms with Crippen LogP contribution in [0.1, 0.15) is 32.1 Å². The van der Waals surface area contributed by atoms with Gasteiger partial charge in [-0.2, -0.15) is 12.6 Å². The zero-order valence-electron chi connectivity index (χ0n) is 17.4. The van der Waals surface area contributed by atoms with E-state index in [0.29, 0.717) is 19.4 Å². The smallest absolute Gasteiger partial charge is 0.327 e. The van der Waals surface area contributed by atoms with Gasteiger partial charge in [0.15, 0.2) is 0 Å². The maximum atomic E-state index is 12.6. The van der Waals surface area contributed by atoms with E-state index in [1.165, 1.54) is 0 Å². The summed E-state index contributed by atoms with van der Waals surface area (Å²) in [7, 11) is 0. The number of carboxylic acids is 1. The second-order valence-corrected chi connectivity index (χ2v) is 7.30. The van der Waals surface area contributed by atoms with E-state index >= 15 is 0 Å². The van der Waals surface area contributed by atoms with Gasteiger partial charge in [0.1, 0.15) is 18.1 Å². The van der Waals surface area contributed by atoms with Crippen LogP contribution in [-0.2, 0) is 28.8 Å². The molecule has 182 valence electrons. The molecule has 0 aromatic heterocycles. The number of carbonyl (C=O) groups is 6. The second-order valence-electron chi connectivity index (χ2n) is 6.94. The summed E-state index contributed by atoms with van der Waals surface area (Å²) in [6.07, 6.45) is 0.188. The number of nitrogens with one attached hydrogen (secondary N) is 3. The van der Waals surface area contributed by atoms with E-state index in [0.717, 1.165) is 0 Å². The highest BCUT2D eigenvalue weighted by Gasteiger charge is 2.31. The van der Waals surface area contributed by atoms with Crippen molar-refractivity contribution in [2.45, 2.75) is 56.3 Å². The van der Waals surface area contributed by atoms with Gasteiger partial charge in [-0.3, -0.25) is 24.0 Å². The molecule has 32 heavy (non-hydrogen) atoms. The molecule has 0 heterocycles. The van der Waals surface area contributed by atoms with Gasteiger partial charge in [-0.15, -0.1) is 0 Å². The van der Waals surface area contributed by atoms with Crippen molar-refractivity contribution in [3.63, 3.8) is 0 Å². The molecule has 12 N–H and O–H groups in total. The van der Waals surface area contributed by atoms with E-state index in [-0.39, 0.29) is 12.2 Å². The number of amides is 5.